The lowest BCUT2D eigenvalue weighted by molar-refractivity contribution is 0.237. The van der Waals surface area contributed by atoms with Gasteiger partial charge < -0.3 is 10.6 Å². The Morgan fingerprint density at radius 2 is 2.05 bits per heavy atom. The third kappa shape index (κ3) is 3.50. The minimum atomic E-state index is -0.154. The quantitative estimate of drug-likeness (QED) is 0.908. The number of nitrogens with zero attached hydrogens (tertiary/aromatic N) is 2. The zero-order valence-corrected chi connectivity index (χ0v) is 14.9. The maximum absolute atomic E-state index is 12.1. The molecule has 0 spiro atoms. The highest BCUT2D eigenvalue weighted by atomic mass is 32.1. The number of urea groups is 1. The van der Waals surface area contributed by atoms with Crippen LogP contribution in [0.5, 0.6) is 0 Å². The molecule has 5 nitrogen and oxygen atoms in total. The van der Waals surface area contributed by atoms with Gasteiger partial charge in [0.1, 0.15) is 0 Å². The van der Waals surface area contributed by atoms with Crippen molar-refractivity contribution in [2.24, 2.45) is 7.05 Å². The van der Waals surface area contributed by atoms with E-state index >= 15 is 0 Å². The zero-order chi connectivity index (χ0) is 16.4. The predicted octanol–water partition coefficient (Wildman–Crippen LogP) is 3.28. The van der Waals surface area contributed by atoms with E-state index in [9.17, 15) is 4.79 Å². The molecule has 0 aliphatic rings. The Morgan fingerprint density at radius 1 is 1.36 bits per heavy atom. The Kier molecular flexibility index (Phi) is 4.90. The van der Waals surface area contributed by atoms with E-state index < -0.39 is 0 Å². The lowest BCUT2D eigenvalue weighted by Gasteiger charge is -2.15. The monoisotopic (exact) mass is 320 g/mol. The van der Waals surface area contributed by atoms with Crippen molar-refractivity contribution in [3.05, 3.63) is 38.3 Å². The SMILES string of the molecule is Cc1cc(C(C)NC(=O)NCc2c(C)nn(C)c2C)c(C)s1. The van der Waals surface area contributed by atoms with Gasteiger partial charge in [0, 0.05) is 34.6 Å². The summed E-state index contributed by atoms with van der Waals surface area (Å²) in [4.78, 5) is 14.6. The maximum Gasteiger partial charge on any atom is 0.315 e. The number of hydrogen-bond acceptors (Lipinski definition) is 3. The van der Waals surface area contributed by atoms with Crippen molar-refractivity contribution < 1.29 is 4.79 Å². The average Bonchev–Trinajstić information content (AvgIpc) is 2.88. The molecule has 0 saturated heterocycles. The van der Waals surface area contributed by atoms with Gasteiger partial charge in [-0.3, -0.25) is 4.68 Å². The number of carbonyl (C=O) groups is 1. The van der Waals surface area contributed by atoms with E-state index in [0.717, 1.165) is 17.0 Å². The number of aryl methyl sites for hydroxylation is 4. The maximum atomic E-state index is 12.1. The van der Waals surface area contributed by atoms with Gasteiger partial charge in [0.05, 0.1) is 11.7 Å². The Hall–Kier alpha value is -1.82. The highest BCUT2D eigenvalue weighted by Crippen LogP contribution is 2.26. The first-order chi connectivity index (χ1) is 10.3. The van der Waals surface area contributed by atoms with Crippen molar-refractivity contribution in [2.45, 2.75) is 47.2 Å². The lowest BCUT2D eigenvalue weighted by Crippen LogP contribution is -2.36. The number of aromatic nitrogens is 2. The molecule has 1 unspecified atom stereocenters. The summed E-state index contributed by atoms with van der Waals surface area (Å²) >= 11 is 1.76. The fourth-order valence-corrected chi connectivity index (χ4v) is 3.67. The van der Waals surface area contributed by atoms with E-state index in [-0.39, 0.29) is 12.1 Å². The van der Waals surface area contributed by atoms with Crippen molar-refractivity contribution in [3.63, 3.8) is 0 Å². The summed E-state index contributed by atoms with van der Waals surface area (Å²) in [6.07, 6.45) is 0. The van der Waals surface area contributed by atoms with E-state index in [4.69, 9.17) is 0 Å². The smallest absolute Gasteiger partial charge is 0.315 e. The summed E-state index contributed by atoms with van der Waals surface area (Å²) in [7, 11) is 1.91. The molecule has 0 saturated carbocycles. The van der Waals surface area contributed by atoms with Gasteiger partial charge in [-0.1, -0.05) is 0 Å². The number of hydrogen-bond donors (Lipinski definition) is 2. The van der Waals surface area contributed by atoms with Crippen molar-refractivity contribution >= 4 is 17.4 Å². The van der Waals surface area contributed by atoms with Gasteiger partial charge in [0.2, 0.25) is 0 Å². The summed E-state index contributed by atoms with van der Waals surface area (Å²) in [6.45, 7) is 10.6. The van der Waals surface area contributed by atoms with Gasteiger partial charge in [-0.15, -0.1) is 11.3 Å². The van der Waals surface area contributed by atoms with Gasteiger partial charge in [-0.2, -0.15) is 5.10 Å². The van der Waals surface area contributed by atoms with Gasteiger partial charge in [0.15, 0.2) is 0 Å². The van der Waals surface area contributed by atoms with Crippen LogP contribution in [0.3, 0.4) is 0 Å². The molecular formula is C16H24N4OS. The average molecular weight is 320 g/mol. The molecule has 22 heavy (non-hydrogen) atoms. The van der Waals surface area contributed by atoms with Crippen LogP contribution in [0.1, 0.15) is 45.2 Å². The number of nitrogens with one attached hydrogen (secondary N) is 2. The lowest BCUT2D eigenvalue weighted by atomic mass is 10.1. The topological polar surface area (TPSA) is 59.0 Å². The molecule has 1 atom stereocenters. The number of thiophene rings is 1. The zero-order valence-electron chi connectivity index (χ0n) is 14.1. The van der Waals surface area contributed by atoms with E-state index in [1.807, 2.05) is 32.5 Å². The van der Waals surface area contributed by atoms with Crippen LogP contribution in [-0.4, -0.2) is 15.8 Å². The van der Waals surface area contributed by atoms with Crippen LogP contribution in [0.4, 0.5) is 4.79 Å². The fraction of sp³-hybridized carbons (Fsp3) is 0.500. The Morgan fingerprint density at radius 3 is 2.55 bits per heavy atom. The van der Waals surface area contributed by atoms with E-state index in [2.05, 4.69) is 35.6 Å². The molecule has 2 aromatic heterocycles. The fourth-order valence-electron chi connectivity index (χ4n) is 2.65. The molecule has 0 bridgehead atoms. The minimum Gasteiger partial charge on any atom is -0.334 e. The molecule has 2 aromatic rings. The molecule has 0 aliphatic heterocycles. The predicted molar refractivity (Wildman–Crippen MR) is 90.3 cm³/mol. The normalized spacial score (nSPS) is 12.3. The molecule has 0 aliphatic carbocycles. The molecular weight excluding hydrogens is 296 g/mol. The first-order valence-electron chi connectivity index (χ1n) is 7.40. The first-order valence-corrected chi connectivity index (χ1v) is 8.21. The van der Waals surface area contributed by atoms with Crippen LogP contribution in [-0.2, 0) is 13.6 Å². The van der Waals surface area contributed by atoms with Crippen LogP contribution in [0.25, 0.3) is 0 Å². The standard InChI is InChI=1S/C16H24N4OS/c1-9-7-14(13(5)22-9)10(2)18-16(21)17-8-15-11(3)19-20(6)12(15)4/h7,10H,8H2,1-6H3,(H2,17,18,21). The Balaban J connectivity index is 1.94. The van der Waals surface area contributed by atoms with E-state index in [1.54, 1.807) is 11.3 Å². The third-order valence-electron chi connectivity index (χ3n) is 3.98. The summed E-state index contributed by atoms with van der Waals surface area (Å²) < 4.78 is 1.84. The second-order valence-corrected chi connectivity index (χ2v) is 7.15. The molecule has 2 rings (SSSR count). The highest BCUT2D eigenvalue weighted by Gasteiger charge is 2.15. The van der Waals surface area contributed by atoms with Gasteiger partial charge in [-0.05, 0) is 46.2 Å². The van der Waals surface area contributed by atoms with Crippen LogP contribution in [0.15, 0.2) is 6.07 Å². The molecule has 0 radical (unpaired) electrons. The molecule has 2 heterocycles. The molecule has 2 N–H and O–H groups in total. The van der Waals surface area contributed by atoms with Crippen LogP contribution >= 0.6 is 11.3 Å². The molecule has 0 fully saturated rings. The van der Waals surface area contributed by atoms with Crippen LogP contribution in [0, 0.1) is 27.7 Å². The highest BCUT2D eigenvalue weighted by molar-refractivity contribution is 7.12. The molecule has 0 aromatic carbocycles. The Labute approximate surface area is 135 Å². The number of rotatable bonds is 4. The van der Waals surface area contributed by atoms with Gasteiger partial charge >= 0.3 is 6.03 Å². The Bertz CT molecular complexity index is 687. The third-order valence-corrected chi connectivity index (χ3v) is 4.96. The second kappa shape index (κ2) is 6.52. The summed E-state index contributed by atoms with van der Waals surface area (Å²) in [6, 6.07) is 1.99. The minimum absolute atomic E-state index is 0.000965. The van der Waals surface area contributed by atoms with E-state index in [1.165, 1.54) is 15.3 Å². The van der Waals surface area contributed by atoms with E-state index in [0.29, 0.717) is 6.54 Å². The second-order valence-electron chi connectivity index (χ2n) is 5.69. The molecule has 2 amide bonds. The van der Waals surface area contributed by atoms with Crippen molar-refractivity contribution in [3.8, 4) is 0 Å². The molecule has 120 valence electrons. The first kappa shape index (κ1) is 16.5. The summed E-state index contributed by atoms with van der Waals surface area (Å²) in [5.41, 5.74) is 4.30. The van der Waals surface area contributed by atoms with Gasteiger partial charge in [-0.25, -0.2) is 4.79 Å². The van der Waals surface area contributed by atoms with Crippen molar-refractivity contribution in [2.75, 3.05) is 0 Å². The number of amides is 2. The van der Waals surface area contributed by atoms with Crippen LogP contribution in [0.2, 0.25) is 0 Å². The summed E-state index contributed by atoms with van der Waals surface area (Å²) in [5.74, 6) is 0. The van der Waals surface area contributed by atoms with Crippen LogP contribution < -0.4 is 10.6 Å². The van der Waals surface area contributed by atoms with Crippen molar-refractivity contribution in [1.82, 2.24) is 20.4 Å². The van der Waals surface area contributed by atoms with Crippen molar-refractivity contribution in [1.29, 1.82) is 0 Å². The molecule has 6 heteroatoms. The number of carbonyl (C=O) groups excluding carboxylic acids is 1. The largest absolute Gasteiger partial charge is 0.334 e. The van der Waals surface area contributed by atoms with Gasteiger partial charge in [0.25, 0.3) is 0 Å². The summed E-state index contributed by atoms with van der Waals surface area (Å²) in [5, 5.41) is 10.3.